The van der Waals surface area contributed by atoms with Crippen molar-refractivity contribution in [3.8, 4) is 5.88 Å². The number of ether oxygens (including phenoxy) is 1. The molecule has 3 aromatic rings. The summed E-state index contributed by atoms with van der Waals surface area (Å²) in [6.07, 6.45) is 0. The molecule has 7 heteroatoms. The molecule has 1 aliphatic heterocycles. The Morgan fingerprint density at radius 3 is 2.57 bits per heavy atom. The van der Waals surface area contributed by atoms with E-state index in [-0.39, 0.29) is 5.88 Å². The van der Waals surface area contributed by atoms with Crippen LogP contribution < -0.4 is 0 Å². The number of rotatable bonds is 4. The Kier molecular flexibility index (Phi) is 5.18. The van der Waals surface area contributed by atoms with Crippen molar-refractivity contribution >= 4 is 22.5 Å². The van der Waals surface area contributed by atoms with E-state index in [0.29, 0.717) is 11.3 Å². The van der Waals surface area contributed by atoms with Crippen LogP contribution in [0, 0.1) is 0 Å². The lowest BCUT2D eigenvalue weighted by Gasteiger charge is -2.26. The van der Waals surface area contributed by atoms with Gasteiger partial charge in [0.1, 0.15) is 0 Å². The van der Waals surface area contributed by atoms with Crippen molar-refractivity contribution in [2.24, 2.45) is 17.3 Å². The summed E-state index contributed by atoms with van der Waals surface area (Å²) in [4.78, 5) is 14.7. The number of carbonyl (C=O) groups is 1. The molecular weight excluding hydrogens is 356 g/mol. The Labute approximate surface area is 162 Å². The zero-order valence-electron chi connectivity index (χ0n) is 15.7. The number of amides is 1. The maximum atomic E-state index is 12.4. The molecule has 0 bridgehead atoms. The number of aromatic nitrogens is 1. The van der Waals surface area contributed by atoms with Crippen LogP contribution in [-0.2, 0) is 18.3 Å². The van der Waals surface area contributed by atoms with Gasteiger partial charge in [-0.25, -0.2) is 0 Å². The zero-order chi connectivity index (χ0) is 19.5. The first-order valence-corrected chi connectivity index (χ1v) is 9.25. The van der Waals surface area contributed by atoms with Crippen molar-refractivity contribution in [1.82, 2.24) is 9.47 Å². The quantitative estimate of drug-likeness (QED) is 0.703. The molecule has 7 nitrogen and oxygen atoms in total. The van der Waals surface area contributed by atoms with Crippen LogP contribution in [0.15, 0.2) is 58.8 Å². The molecular formula is C21H22N4O3. The molecule has 144 valence electrons. The second-order valence-corrected chi connectivity index (χ2v) is 6.84. The van der Waals surface area contributed by atoms with Gasteiger partial charge in [-0.1, -0.05) is 30.3 Å². The number of morpholine rings is 1. The van der Waals surface area contributed by atoms with Gasteiger partial charge < -0.3 is 14.4 Å². The van der Waals surface area contributed by atoms with Crippen molar-refractivity contribution in [2.45, 2.75) is 6.54 Å². The van der Waals surface area contributed by atoms with Gasteiger partial charge in [0.25, 0.3) is 5.91 Å². The third-order valence-electron chi connectivity index (χ3n) is 5.00. The maximum absolute atomic E-state index is 12.4. The average molecular weight is 378 g/mol. The number of hydrogen-bond donors (Lipinski definition) is 1. The normalized spacial score (nSPS) is 15.5. The van der Waals surface area contributed by atoms with E-state index in [2.05, 4.69) is 15.1 Å². The van der Waals surface area contributed by atoms with Gasteiger partial charge >= 0.3 is 0 Å². The third-order valence-corrected chi connectivity index (χ3v) is 5.00. The van der Waals surface area contributed by atoms with Crippen LogP contribution in [0.1, 0.15) is 15.9 Å². The van der Waals surface area contributed by atoms with Gasteiger partial charge in [-0.3, -0.25) is 9.69 Å². The van der Waals surface area contributed by atoms with E-state index in [1.807, 2.05) is 36.4 Å². The van der Waals surface area contributed by atoms with Crippen LogP contribution in [0.3, 0.4) is 0 Å². The van der Waals surface area contributed by atoms with Crippen molar-refractivity contribution in [2.75, 3.05) is 26.3 Å². The molecule has 0 spiro atoms. The number of fused-ring (bicyclic) bond motifs is 1. The van der Waals surface area contributed by atoms with Crippen molar-refractivity contribution in [3.63, 3.8) is 0 Å². The number of nitrogens with zero attached hydrogens (tertiary/aromatic N) is 4. The minimum Gasteiger partial charge on any atom is -0.493 e. The van der Waals surface area contributed by atoms with Crippen LogP contribution >= 0.6 is 0 Å². The molecule has 28 heavy (non-hydrogen) atoms. The summed E-state index contributed by atoms with van der Waals surface area (Å²) >= 11 is 0. The highest BCUT2D eigenvalue weighted by Gasteiger charge is 2.15. The summed E-state index contributed by atoms with van der Waals surface area (Å²) in [5, 5.41) is 18.9. The van der Waals surface area contributed by atoms with E-state index in [1.165, 1.54) is 0 Å². The van der Waals surface area contributed by atoms with E-state index >= 15 is 0 Å². The van der Waals surface area contributed by atoms with E-state index in [0.717, 1.165) is 49.3 Å². The third kappa shape index (κ3) is 3.67. The molecule has 1 N–H and O–H groups in total. The maximum Gasteiger partial charge on any atom is 0.295 e. The van der Waals surface area contributed by atoms with Gasteiger partial charge in [-0.15, -0.1) is 10.2 Å². The SMILES string of the molecule is Cn1c(O)c(N=NC(=O)c2ccc(CN3CCOCC3)cc2)c2ccccc21. The lowest BCUT2D eigenvalue weighted by Crippen LogP contribution is -2.35. The van der Waals surface area contributed by atoms with E-state index < -0.39 is 5.91 Å². The molecule has 4 rings (SSSR count). The fourth-order valence-corrected chi connectivity index (χ4v) is 3.38. The molecule has 1 saturated heterocycles. The summed E-state index contributed by atoms with van der Waals surface area (Å²) in [6.45, 7) is 4.20. The van der Waals surface area contributed by atoms with Crippen LogP contribution in [-0.4, -0.2) is 46.8 Å². The van der Waals surface area contributed by atoms with Crippen molar-refractivity contribution in [1.29, 1.82) is 0 Å². The second-order valence-electron chi connectivity index (χ2n) is 6.84. The molecule has 1 aromatic heterocycles. The summed E-state index contributed by atoms with van der Waals surface area (Å²) < 4.78 is 6.98. The Morgan fingerprint density at radius 1 is 1.11 bits per heavy atom. The second kappa shape index (κ2) is 7.92. The number of azo groups is 1. The topological polar surface area (TPSA) is 79.4 Å². The van der Waals surface area contributed by atoms with Crippen molar-refractivity contribution in [3.05, 3.63) is 59.7 Å². The Hall–Kier alpha value is -3.03. The number of hydrogen-bond acceptors (Lipinski definition) is 5. The summed E-state index contributed by atoms with van der Waals surface area (Å²) in [5.74, 6) is -0.455. The first-order valence-electron chi connectivity index (χ1n) is 9.25. The molecule has 2 heterocycles. The van der Waals surface area contributed by atoms with Crippen LogP contribution in [0.5, 0.6) is 5.88 Å². The fourth-order valence-electron chi connectivity index (χ4n) is 3.38. The highest BCUT2D eigenvalue weighted by atomic mass is 16.5. The largest absolute Gasteiger partial charge is 0.493 e. The number of aromatic hydroxyl groups is 1. The van der Waals surface area contributed by atoms with Gasteiger partial charge in [0.05, 0.1) is 18.7 Å². The van der Waals surface area contributed by atoms with Gasteiger partial charge in [0, 0.05) is 37.6 Å². The molecule has 1 fully saturated rings. The Morgan fingerprint density at radius 2 is 1.82 bits per heavy atom. The minimum absolute atomic E-state index is 0.0152. The van der Waals surface area contributed by atoms with Gasteiger partial charge in [0.2, 0.25) is 5.88 Å². The predicted molar refractivity (Wildman–Crippen MR) is 106 cm³/mol. The minimum atomic E-state index is -0.440. The first kappa shape index (κ1) is 18.3. The Bertz CT molecular complexity index is 1020. The van der Waals surface area contributed by atoms with Crippen molar-refractivity contribution < 1.29 is 14.6 Å². The Balaban J connectivity index is 1.48. The van der Waals surface area contributed by atoms with Gasteiger partial charge in [0.15, 0.2) is 5.69 Å². The number of carbonyl (C=O) groups excluding carboxylic acids is 1. The molecule has 1 amide bonds. The molecule has 0 saturated carbocycles. The smallest absolute Gasteiger partial charge is 0.295 e. The average Bonchev–Trinajstić information content (AvgIpc) is 2.98. The highest BCUT2D eigenvalue weighted by molar-refractivity contribution is 5.97. The summed E-state index contributed by atoms with van der Waals surface area (Å²) in [5.41, 5.74) is 2.74. The molecule has 1 aliphatic rings. The van der Waals surface area contributed by atoms with Gasteiger partial charge in [-0.2, -0.15) is 0 Å². The van der Waals surface area contributed by atoms with Crippen LogP contribution in [0.2, 0.25) is 0 Å². The van der Waals surface area contributed by atoms with E-state index in [9.17, 15) is 9.90 Å². The van der Waals surface area contributed by atoms with E-state index in [4.69, 9.17) is 4.74 Å². The molecule has 0 radical (unpaired) electrons. The highest BCUT2D eigenvalue weighted by Crippen LogP contribution is 2.37. The summed E-state index contributed by atoms with van der Waals surface area (Å²) in [6, 6.07) is 14.9. The fraction of sp³-hybridized carbons (Fsp3) is 0.286. The zero-order valence-corrected chi connectivity index (χ0v) is 15.7. The lowest BCUT2D eigenvalue weighted by molar-refractivity contribution is 0.0342. The summed E-state index contributed by atoms with van der Waals surface area (Å²) in [7, 11) is 1.74. The molecule has 2 aromatic carbocycles. The van der Waals surface area contributed by atoms with Crippen LogP contribution in [0.4, 0.5) is 5.69 Å². The molecule has 0 unspecified atom stereocenters. The van der Waals surface area contributed by atoms with Crippen LogP contribution in [0.25, 0.3) is 10.9 Å². The standard InChI is InChI=1S/C21H22N4O3/c1-24-18-5-3-2-4-17(18)19(21(24)27)22-23-20(26)16-8-6-15(7-9-16)14-25-10-12-28-13-11-25/h2-9,27H,10-14H2,1H3. The first-order chi connectivity index (χ1) is 13.6. The number of para-hydroxylation sites is 1. The monoisotopic (exact) mass is 378 g/mol. The van der Waals surface area contributed by atoms with Gasteiger partial charge in [-0.05, 0) is 23.8 Å². The van der Waals surface area contributed by atoms with E-state index in [1.54, 1.807) is 23.7 Å². The molecule has 0 atom stereocenters. The molecule has 0 aliphatic carbocycles. The lowest BCUT2D eigenvalue weighted by atomic mass is 10.1. The predicted octanol–water partition coefficient (Wildman–Crippen LogP) is 3.64. The number of aryl methyl sites for hydroxylation is 1. The number of benzene rings is 2.